The Balaban J connectivity index is 2.01. The third-order valence-electron chi connectivity index (χ3n) is 4.55. The van der Waals surface area contributed by atoms with E-state index < -0.39 is 11.6 Å². The molecule has 0 amide bonds. The second kappa shape index (κ2) is 7.16. The van der Waals surface area contributed by atoms with Crippen LogP contribution in [0.4, 0.5) is 8.78 Å². The molecule has 112 valence electrons. The van der Waals surface area contributed by atoms with Crippen LogP contribution in [0.15, 0.2) is 18.2 Å². The SMILES string of the molecule is CC(N[C@@H](C)C1CCCCCC1)c1c(F)cccc1F. The molecule has 1 aromatic rings. The lowest BCUT2D eigenvalue weighted by atomic mass is 9.92. The van der Waals surface area contributed by atoms with Gasteiger partial charge in [0, 0.05) is 17.6 Å². The molecule has 1 N–H and O–H groups in total. The highest BCUT2D eigenvalue weighted by Gasteiger charge is 2.23. The van der Waals surface area contributed by atoms with Gasteiger partial charge in [-0.05, 0) is 44.7 Å². The highest BCUT2D eigenvalue weighted by atomic mass is 19.1. The van der Waals surface area contributed by atoms with E-state index in [2.05, 4.69) is 12.2 Å². The van der Waals surface area contributed by atoms with Crippen LogP contribution in [-0.4, -0.2) is 6.04 Å². The molecule has 0 heterocycles. The van der Waals surface area contributed by atoms with Gasteiger partial charge in [0.15, 0.2) is 0 Å². The van der Waals surface area contributed by atoms with Crippen molar-refractivity contribution in [3.63, 3.8) is 0 Å². The summed E-state index contributed by atoms with van der Waals surface area (Å²) in [6, 6.07) is 4.06. The largest absolute Gasteiger partial charge is 0.307 e. The summed E-state index contributed by atoms with van der Waals surface area (Å²) in [6.07, 6.45) is 7.64. The summed E-state index contributed by atoms with van der Waals surface area (Å²) in [4.78, 5) is 0. The molecular formula is C17H25F2N. The van der Waals surface area contributed by atoms with Gasteiger partial charge in [-0.2, -0.15) is 0 Å². The van der Waals surface area contributed by atoms with E-state index in [9.17, 15) is 8.78 Å². The van der Waals surface area contributed by atoms with Crippen LogP contribution in [0.3, 0.4) is 0 Å². The average Bonchev–Trinajstić information content (AvgIpc) is 2.67. The minimum atomic E-state index is -0.460. The molecule has 2 rings (SSSR count). The van der Waals surface area contributed by atoms with Gasteiger partial charge >= 0.3 is 0 Å². The minimum absolute atomic E-state index is 0.160. The Kier molecular flexibility index (Phi) is 5.53. The smallest absolute Gasteiger partial charge is 0.130 e. The number of hydrogen-bond acceptors (Lipinski definition) is 1. The fourth-order valence-electron chi connectivity index (χ4n) is 3.35. The van der Waals surface area contributed by atoms with Crippen LogP contribution in [-0.2, 0) is 0 Å². The molecule has 0 radical (unpaired) electrons. The number of halogens is 2. The van der Waals surface area contributed by atoms with Gasteiger partial charge in [-0.25, -0.2) is 8.78 Å². The highest BCUT2D eigenvalue weighted by Crippen LogP contribution is 2.28. The quantitative estimate of drug-likeness (QED) is 0.768. The van der Waals surface area contributed by atoms with Crippen molar-refractivity contribution in [1.82, 2.24) is 5.32 Å². The summed E-state index contributed by atoms with van der Waals surface area (Å²) >= 11 is 0. The molecule has 1 aliphatic rings. The second-order valence-electron chi connectivity index (χ2n) is 6.06. The molecule has 1 aromatic carbocycles. The zero-order chi connectivity index (χ0) is 14.5. The average molecular weight is 281 g/mol. The van der Waals surface area contributed by atoms with Gasteiger partial charge < -0.3 is 5.32 Å². The number of nitrogens with one attached hydrogen (secondary N) is 1. The molecular weight excluding hydrogens is 256 g/mol. The van der Waals surface area contributed by atoms with E-state index in [0.717, 1.165) is 0 Å². The van der Waals surface area contributed by atoms with Gasteiger partial charge in [-0.15, -0.1) is 0 Å². The summed E-state index contributed by atoms with van der Waals surface area (Å²) in [5.74, 6) is -0.300. The lowest BCUT2D eigenvalue weighted by Gasteiger charge is -2.27. The van der Waals surface area contributed by atoms with Crippen LogP contribution < -0.4 is 5.32 Å². The molecule has 2 atom stereocenters. The monoisotopic (exact) mass is 281 g/mol. The fraction of sp³-hybridized carbons (Fsp3) is 0.647. The van der Waals surface area contributed by atoms with Gasteiger partial charge in [-0.1, -0.05) is 31.7 Å². The Morgan fingerprint density at radius 3 is 2.10 bits per heavy atom. The maximum Gasteiger partial charge on any atom is 0.130 e. The number of hydrogen-bond donors (Lipinski definition) is 1. The molecule has 1 aliphatic carbocycles. The maximum absolute atomic E-state index is 13.8. The summed E-state index contributed by atoms with van der Waals surface area (Å²) in [6.45, 7) is 3.99. The molecule has 0 aliphatic heterocycles. The van der Waals surface area contributed by atoms with E-state index >= 15 is 0 Å². The van der Waals surface area contributed by atoms with Gasteiger partial charge in [0.25, 0.3) is 0 Å². The topological polar surface area (TPSA) is 12.0 Å². The molecule has 0 bridgehead atoms. The van der Waals surface area contributed by atoms with Crippen LogP contribution in [0.1, 0.15) is 64.0 Å². The maximum atomic E-state index is 13.8. The normalized spacial score (nSPS) is 20.4. The number of rotatable bonds is 4. The van der Waals surface area contributed by atoms with Crippen LogP contribution in [0, 0.1) is 17.6 Å². The van der Waals surface area contributed by atoms with E-state index in [1.807, 2.05) is 6.92 Å². The first kappa shape index (κ1) is 15.4. The first-order valence-corrected chi connectivity index (χ1v) is 7.79. The molecule has 1 saturated carbocycles. The van der Waals surface area contributed by atoms with Gasteiger partial charge in [0.1, 0.15) is 11.6 Å². The van der Waals surface area contributed by atoms with E-state index in [1.165, 1.54) is 56.7 Å². The molecule has 1 fully saturated rings. The van der Waals surface area contributed by atoms with Crippen LogP contribution in [0.5, 0.6) is 0 Å². The van der Waals surface area contributed by atoms with Crippen molar-refractivity contribution in [2.45, 2.75) is 64.5 Å². The molecule has 0 saturated heterocycles. The van der Waals surface area contributed by atoms with Crippen molar-refractivity contribution in [2.75, 3.05) is 0 Å². The zero-order valence-electron chi connectivity index (χ0n) is 12.5. The summed E-state index contributed by atoms with van der Waals surface area (Å²) in [5, 5.41) is 3.40. The molecule has 0 aromatic heterocycles. The first-order valence-electron chi connectivity index (χ1n) is 7.79. The molecule has 1 unspecified atom stereocenters. The lowest BCUT2D eigenvalue weighted by molar-refractivity contribution is 0.311. The summed E-state index contributed by atoms with van der Waals surface area (Å²) in [5.41, 5.74) is 0.160. The van der Waals surface area contributed by atoms with Crippen molar-refractivity contribution in [3.05, 3.63) is 35.4 Å². The van der Waals surface area contributed by atoms with Gasteiger partial charge in [-0.3, -0.25) is 0 Å². The predicted molar refractivity (Wildman–Crippen MR) is 78.6 cm³/mol. The van der Waals surface area contributed by atoms with Crippen molar-refractivity contribution in [1.29, 1.82) is 0 Å². The van der Waals surface area contributed by atoms with Crippen LogP contribution in [0.2, 0.25) is 0 Å². The summed E-state index contributed by atoms with van der Waals surface area (Å²) < 4.78 is 27.6. The predicted octanol–water partition coefficient (Wildman–Crippen LogP) is 4.97. The lowest BCUT2D eigenvalue weighted by Crippen LogP contribution is -2.36. The molecule has 0 spiro atoms. The van der Waals surface area contributed by atoms with E-state index in [0.29, 0.717) is 12.0 Å². The van der Waals surface area contributed by atoms with Crippen molar-refractivity contribution in [3.8, 4) is 0 Å². The van der Waals surface area contributed by atoms with Gasteiger partial charge in [0.2, 0.25) is 0 Å². The standard InChI is InChI=1S/C17H25F2N/c1-12(14-8-5-3-4-6-9-14)20-13(2)17-15(18)10-7-11-16(17)19/h7,10-14,20H,3-6,8-9H2,1-2H3/t12-,13?/m0/s1. The van der Waals surface area contributed by atoms with Crippen molar-refractivity contribution < 1.29 is 8.78 Å². The molecule has 1 nitrogen and oxygen atoms in total. The Hall–Kier alpha value is -0.960. The van der Waals surface area contributed by atoms with E-state index in [-0.39, 0.29) is 11.6 Å². The fourth-order valence-corrected chi connectivity index (χ4v) is 3.35. The van der Waals surface area contributed by atoms with Gasteiger partial charge in [0.05, 0.1) is 0 Å². The third-order valence-corrected chi connectivity index (χ3v) is 4.55. The Labute approximate surface area is 120 Å². The first-order chi connectivity index (χ1) is 9.59. The number of benzene rings is 1. The minimum Gasteiger partial charge on any atom is -0.307 e. The second-order valence-corrected chi connectivity index (χ2v) is 6.06. The van der Waals surface area contributed by atoms with Crippen molar-refractivity contribution >= 4 is 0 Å². The Morgan fingerprint density at radius 1 is 1.00 bits per heavy atom. The van der Waals surface area contributed by atoms with Crippen molar-refractivity contribution in [2.24, 2.45) is 5.92 Å². The zero-order valence-corrected chi connectivity index (χ0v) is 12.5. The van der Waals surface area contributed by atoms with Crippen LogP contribution in [0.25, 0.3) is 0 Å². The Morgan fingerprint density at radius 2 is 1.55 bits per heavy atom. The molecule has 3 heteroatoms. The van der Waals surface area contributed by atoms with Crippen LogP contribution >= 0.6 is 0 Å². The van der Waals surface area contributed by atoms with E-state index in [4.69, 9.17) is 0 Å². The molecule has 20 heavy (non-hydrogen) atoms. The Bertz CT molecular complexity index is 405. The highest BCUT2D eigenvalue weighted by molar-refractivity contribution is 5.22. The van der Waals surface area contributed by atoms with E-state index in [1.54, 1.807) is 0 Å². The summed E-state index contributed by atoms with van der Waals surface area (Å²) in [7, 11) is 0. The third kappa shape index (κ3) is 3.78.